The summed E-state index contributed by atoms with van der Waals surface area (Å²) in [6.45, 7) is 2.31. The number of fused-ring (bicyclic) bond motifs is 2. The van der Waals surface area contributed by atoms with Gasteiger partial charge in [-0.1, -0.05) is 10.4 Å². The number of ketones is 1. The van der Waals surface area contributed by atoms with Crippen molar-refractivity contribution in [3.8, 4) is 11.5 Å². The number of hydrogen-bond donors (Lipinski definition) is 2. The summed E-state index contributed by atoms with van der Waals surface area (Å²) in [6.07, 6.45) is 18.4. The molecular weight excluding hydrogens is 1070 g/mol. The molecule has 428 valence electrons. The number of ether oxygens (including phenoxy) is 2. The number of Topliss-reactive ketones (excluding diaryl/α,β-unsaturated/α-hetero) is 1. The van der Waals surface area contributed by atoms with Crippen LogP contribution in [0.1, 0.15) is 98.8 Å². The largest absolute Gasteiger partial charge is 0.476 e. The van der Waals surface area contributed by atoms with Crippen molar-refractivity contribution < 1.29 is 50.5 Å². The van der Waals surface area contributed by atoms with E-state index in [9.17, 15) is 35.9 Å². The maximum Gasteiger partial charge on any atom is 0.387 e. The number of carbonyl (C=O) groups is 2. The maximum absolute atomic E-state index is 14.4. The molecule has 4 aliphatic rings. The number of pyridine rings is 4. The molecule has 4 fully saturated rings. The molecule has 2 aliphatic heterocycles. The van der Waals surface area contributed by atoms with Crippen molar-refractivity contribution in [2.24, 2.45) is 5.73 Å². The number of anilines is 2. The van der Waals surface area contributed by atoms with Gasteiger partial charge in [0.25, 0.3) is 0 Å². The second-order valence-electron chi connectivity index (χ2n) is 20.3. The van der Waals surface area contributed by atoms with E-state index in [0.29, 0.717) is 24.9 Å². The van der Waals surface area contributed by atoms with Crippen molar-refractivity contribution in [2.75, 3.05) is 76.3 Å². The van der Waals surface area contributed by atoms with Gasteiger partial charge in [0.15, 0.2) is 45.9 Å². The van der Waals surface area contributed by atoms with Crippen LogP contribution in [0.5, 0.6) is 11.5 Å². The summed E-state index contributed by atoms with van der Waals surface area (Å²) >= 11 is 0. The van der Waals surface area contributed by atoms with Crippen molar-refractivity contribution in [3.63, 3.8) is 0 Å². The van der Waals surface area contributed by atoms with Crippen molar-refractivity contribution in [3.05, 3.63) is 131 Å². The van der Waals surface area contributed by atoms with E-state index in [1.54, 1.807) is 4.68 Å². The Morgan fingerprint density at radius 1 is 0.642 bits per heavy atom. The van der Waals surface area contributed by atoms with Crippen molar-refractivity contribution in [2.45, 2.75) is 83.2 Å². The molecule has 0 amide bonds. The standard InChI is InChI=1S/C27H29F3N8O2.C19H23N7O2.C7H7F3N2O/c1-35-8-10-36(11-9-35)22-12-18(17-2-3-17)13-37-14-19(32-26(22)37)15-38-16-21(33-34-38)23(39)5-4-20-25(28)24(6-7-31-20)40-27(29)30;1-23-4-6-24(7-5-23)17-8-14(13-2-3-13)9-25-10-15(20-18(17)25)11-26-12-16(19(27)28)21-22-26;8-6-4(3-11)12-2-1-5(6)13-7(9)10/h6-7,12-14,16-17,27H,2-5,8-11,15H2,1H3;8-10,12-13H,2-7,11H2,1H3,(H,27,28);1-2,7H,3,11H2. The van der Waals surface area contributed by atoms with Crippen LogP contribution in [0.25, 0.3) is 11.3 Å². The molecule has 10 heterocycles. The summed E-state index contributed by atoms with van der Waals surface area (Å²) in [5, 5.41) is 24.7. The zero-order valence-electron chi connectivity index (χ0n) is 44.3. The molecule has 8 aromatic heterocycles. The Morgan fingerprint density at radius 2 is 1.09 bits per heavy atom. The van der Waals surface area contributed by atoms with Crippen LogP contribution < -0.4 is 25.0 Å². The second kappa shape index (κ2) is 24.6. The van der Waals surface area contributed by atoms with Gasteiger partial charge < -0.3 is 48.7 Å². The minimum absolute atomic E-state index is 0.0575. The van der Waals surface area contributed by atoms with Crippen LogP contribution in [-0.2, 0) is 26.1 Å². The van der Waals surface area contributed by atoms with E-state index < -0.39 is 42.3 Å². The van der Waals surface area contributed by atoms with E-state index in [4.69, 9.17) is 20.8 Å². The van der Waals surface area contributed by atoms with E-state index in [1.807, 2.05) is 12.4 Å². The highest BCUT2D eigenvalue weighted by molar-refractivity contribution is 5.94. The summed E-state index contributed by atoms with van der Waals surface area (Å²) in [5.74, 6) is -3.27. The van der Waals surface area contributed by atoms with Gasteiger partial charge in [-0.2, -0.15) is 17.6 Å². The lowest BCUT2D eigenvalue weighted by Gasteiger charge is -2.34. The Morgan fingerprint density at radius 3 is 1.52 bits per heavy atom. The third kappa shape index (κ3) is 13.9. The molecular formula is C53H59F6N17O5. The summed E-state index contributed by atoms with van der Waals surface area (Å²) in [4.78, 5) is 50.4. The van der Waals surface area contributed by atoms with Gasteiger partial charge in [0, 0.05) is 121 Å². The zero-order chi connectivity index (χ0) is 56.9. The molecule has 0 radical (unpaired) electrons. The van der Waals surface area contributed by atoms with Gasteiger partial charge >= 0.3 is 19.2 Å². The molecule has 22 nitrogen and oxygen atoms in total. The monoisotopic (exact) mass is 1130 g/mol. The number of likely N-dealkylation sites (N-methyl/N-ethyl adjacent to an activating group) is 2. The molecule has 2 saturated heterocycles. The molecule has 0 unspecified atom stereocenters. The topological polar surface area (TPSA) is 234 Å². The molecule has 3 N–H and O–H groups in total. The number of rotatable bonds is 18. The molecule has 0 aromatic carbocycles. The highest BCUT2D eigenvalue weighted by Gasteiger charge is 2.29. The van der Waals surface area contributed by atoms with Gasteiger partial charge in [0.2, 0.25) is 0 Å². The molecule has 12 rings (SSSR count). The number of halogens is 6. The smallest absolute Gasteiger partial charge is 0.387 e. The fourth-order valence-corrected chi connectivity index (χ4v) is 9.59. The number of aromatic nitrogens is 12. The minimum Gasteiger partial charge on any atom is -0.476 e. The van der Waals surface area contributed by atoms with Gasteiger partial charge in [-0.25, -0.2) is 32.9 Å². The SMILES string of the molecule is CN1CCN(c2cc(C3CC3)cn3cc(Cn4cc(C(=O)CCc5nccc(OC(F)F)c5F)nn4)nc23)CC1.CN1CCN(c2cc(C3CC3)cn3cc(Cn4cc(C(=O)O)nn4)nc23)CC1.NCc1nccc(OC(F)F)c1F. The molecule has 2 saturated carbocycles. The number of hydrogen-bond acceptors (Lipinski definition) is 17. The van der Waals surface area contributed by atoms with Crippen LogP contribution in [0, 0.1) is 11.6 Å². The number of carbonyl (C=O) groups excluding carboxylic acids is 1. The predicted octanol–water partition coefficient (Wildman–Crippen LogP) is 6.14. The number of imidazole rings is 2. The van der Waals surface area contributed by atoms with Crippen molar-refractivity contribution in [1.29, 1.82) is 0 Å². The molecule has 28 heteroatoms. The average molecular weight is 1130 g/mol. The normalized spacial score (nSPS) is 16.0. The average Bonchev–Trinajstić information content (AvgIpc) is 4.42. The van der Waals surface area contributed by atoms with E-state index in [2.05, 4.69) is 107 Å². The molecule has 0 spiro atoms. The highest BCUT2D eigenvalue weighted by Crippen LogP contribution is 2.43. The number of aromatic carboxylic acids is 1. The summed E-state index contributed by atoms with van der Waals surface area (Å²) in [6, 6.07) is 6.63. The predicted molar refractivity (Wildman–Crippen MR) is 281 cm³/mol. The van der Waals surface area contributed by atoms with Crippen molar-refractivity contribution >= 4 is 34.4 Å². The maximum atomic E-state index is 14.4. The van der Waals surface area contributed by atoms with Gasteiger partial charge in [-0.3, -0.25) is 14.8 Å². The first-order valence-electron chi connectivity index (χ1n) is 26.4. The summed E-state index contributed by atoms with van der Waals surface area (Å²) < 4.78 is 91.0. The molecule has 2 aliphatic carbocycles. The minimum atomic E-state index is -3.16. The summed E-state index contributed by atoms with van der Waals surface area (Å²) in [7, 11) is 4.29. The van der Waals surface area contributed by atoms with E-state index >= 15 is 0 Å². The van der Waals surface area contributed by atoms with Crippen LogP contribution in [-0.4, -0.2) is 165 Å². The zero-order valence-corrected chi connectivity index (χ0v) is 44.3. The van der Waals surface area contributed by atoms with Crippen LogP contribution in [0.3, 0.4) is 0 Å². The Hall–Kier alpha value is -8.24. The Bertz CT molecular complexity index is 3490. The highest BCUT2D eigenvalue weighted by atomic mass is 19.3. The third-order valence-electron chi connectivity index (χ3n) is 14.3. The first kappa shape index (κ1) is 56.1. The quantitative estimate of drug-likeness (QED) is 0.0726. The first-order chi connectivity index (χ1) is 39.0. The van der Waals surface area contributed by atoms with Crippen LogP contribution >= 0.6 is 0 Å². The number of nitrogens with zero attached hydrogens (tertiary/aromatic N) is 16. The number of piperazine rings is 2. The lowest BCUT2D eigenvalue weighted by Crippen LogP contribution is -2.44. The van der Waals surface area contributed by atoms with Gasteiger partial charge in [-0.05, 0) is 74.9 Å². The van der Waals surface area contributed by atoms with Crippen molar-refractivity contribution in [1.82, 2.24) is 68.5 Å². The fraction of sp³-hybridized carbons (Fsp3) is 0.434. The number of alkyl halides is 4. The van der Waals surface area contributed by atoms with Gasteiger partial charge in [0.05, 0.1) is 59.6 Å². The third-order valence-corrected chi connectivity index (χ3v) is 14.3. The Balaban J connectivity index is 0.000000155. The lowest BCUT2D eigenvalue weighted by molar-refractivity contribution is -0.0529. The number of aryl methyl sites for hydroxylation is 1. The molecule has 81 heavy (non-hydrogen) atoms. The first-order valence-corrected chi connectivity index (χ1v) is 26.4. The van der Waals surface area contributed by atoms with E-state index in [0.717, 1.165) is 105 Å². The summed E-state index contributed by atoms with van der Waals surface area (Å²) in [5.41, 5.74) is 13.4. The van der Waals surface area contributed by atoms with Gasteiger partial charge in [-0.15, -0.1) is 10.2 Å². The number of carboxylic acid groups (broad SMARTS) is 1. The Kier molecular flexibility index (Phi) is 17.0. The number of carboxylic acids is 1. The van der Waals surface area contributed by atoms with Crippen LogP contribution in [0.2, 0.25) is 0 Å². The Labute approximate surface area is 459 Å². The van der Waals surface area contributed by atoms with Gasteiger partial charge in [0.1, 0.15) is 5.69 Å². The molecule has 0 atom stereocenters. The van der Waals surface area contributed by atoms with E-state index in [1.165, 1.54) is 59.6 Å². The van der Waals surface area contributed by atoms with Crippen LogP contribution in [0.4, 0.5) is 37.7 Å². The molecule has 0 bridgehead atoms. The van der Waals surface area contributed by atoms with Crippen LogP contribution in [0.15, 0.2) is 73.8 Å². The van der Waals surface area contributed by atoms with E-state index in [-0.39, 0.29) is 47.9 Å². The molecule has 8 aromatic rings. The lowest BCUT2D eigenvalue weighted by atomic mass is 10.1. The fourth-order valence-electron chi connectivity index (χ4n) is 9.59. The number of nitrogens with two attached hydrogens (primary N) is 1. The second-order valence-corrected chi connectivity index (χ2v) is 20.3.